The van der Waals surface area contributed by atoms with Crippen LogP contribution in [0.4, 0.5) is 0 Å². The quantitative estimate of drug-likeness (QED) is 0.749. The Morgan fingerprint density at radius 2 is 1.50 bits per heavy atom. The van der Waals surface area contributed by atoms with Crippen molar-refractivity contribution in [2.24, 2.45) is 0 Å². The van der Waals surface area contributed by atoms with Gasteiger partial charge in [-0.25, -0.2) is 0 Å². The zero-order chi connectivity index (χ0) is 10.9. The number of rotatable bonds is 2. The van der Waals surface area contributed by atoms with Gasteiger partial charge in [-0.1, -0.05) is 0 Å². The van der Waals surface area contributed by atoms with E-state index in [1.165, 1.54) is 3.58 Å². The molecule has 0 aliphatic heterocycles. The molecule has 0 aromatic heterocycles. The van der Waals surface area contributed by atoms with Crippen molar-refractivity contribution < 1.29 is 4.74 Å². The maximum atomic E-state index is 6.19. The summed E-state index contributed by atoms with van der Waals surface area (Å²) in [5, 5.41) is 1.50. The molecular weight excluding hydrogens is 326 g/mol. The Hall–Kier alpha value is 0.399. The van der Waals surface area contributed by atoms with Crippen LogP contribution < -0.4 is 8.32 Å². The molecule has 0 saturated carbocycles. The molecule has 0 N–H and O–H groups in total. The molecule has 1 aromatic carbocycles. The number of methoxy groups -OCH3 is 1. The molecule has 78 valence electrons. The monoisotopic (exact) mass is 340 g/mol. The molecule has 1 nitrogen and oxygen atoms in total. The summed E-state index contributed by atoms with van der Waals surface area (Å²) in [4.78, 5) is 6.86. The Bertz CT molecular complexity index is 321. The topological polar surface area (TPSA) is 9.23 Å². The average molecular weight is 340 g/mol. The summed E-state index contributed by atoms with van der Waals surface area (Å²) >= 11 is 10.2. The van der Waals surface area contributed by atoms with E-state index in [1.807, 2.05) is 12.1 Å². The molecule has 0 bridgehead atoms. The Labute approximate surface area is 99.2 Å². The van der Waals surface area contributed by atoms with Gasteiger partial charge < -0.3 is 0 Å². The molecular formula is C10H14Cl2OSn. The van der Waals surface area contributed by atoms with Crippen LogP contribution in [0.25, 0.3) is 0 Å². The van der Waals surface area contributed by atoms with E-state index in [2.05, 4.69) is 14.8 Å². The van der Waals surface area contributed by atoms with Crippen LogP contribution in [0.2, 0.25) is 24.9 Å². The molecule has 0 heterocycles. The Morgan fingerprint density at radius 3 is 1.79 bits per heavy atom. The van der Waals surface area contributed by atoms with Gasteiger partial charge in [0, 0.05) is 0 Å². The second-order valence-electron chi connectivity index (χ2n) is 4.22. The van der Waals surface area contributed by atoms with Crippen molar-refractivity contribution in [1.29, 1.82) is 0 Å². The third-order valence-electron chi connectivity index (χ3n) is 2.00. The second kappa shape index (κ2) is 4.50. The predicted octanol–water partition coefficient (Wildman–Crippen LogP) is 3.55. The number of ether oxygens (including phenoxy) is 1. The second-order valence-corrected chi connectivity index (χ2v) is 19.3. The predicted molar refractivity (Wildman–Crippen MR) is 66.0 cm³/mol. The van der Waals surface area contributed by atoms with Crippen molar-refractivity contribution in [2.45, 2.75) is 14.8 Å². The molecule has 0 aliphatic carbocycles. The maximum absolute atomic E-state index is 6.19. The minimum atomic E-state index is -2.21. The van der Waals surface area contributed by atoms with Gasteiger partial charge >= 0.3 is 99.8 Å². The first-order valence-corrected chi connectivity index (χ1v) is 15.1. The molecule has 0 spiro atoms. The molecule has 0 radical (unpaired) electrons. The van der Waals surface area contributed by atoms with E-state index < -0.39 is 18.4 Å². The average Bonchev–Trinajstić information content (AvgIpc) is 1.99. The van der Waals surface area contributed by atoms with Crippen molar-refractivity contribution >= 4 is 45.2 Å². The van der Waals surface area contributed by atoms with Crippen molar-refractivity contribution in [3.8, 4) is 5.75 Å². The van der Waals surface area contributed by atoms with Gasteiger partial charge in [-0.3, -0.25) is 0 Å². The van der Waals surface area contributed by atoms with E-state index in [-0.39, 0.29) is 0 Å². The summed E-state index contributed by atoms with van der Waals surface area (Å²) in [5.74, 6) is 0.722. The van der Waals surface area contributed by atoms with Crippen molar-refractivity contribution in [3.05, 3.63) is 22.2 Å². The minimum absolute atomic E-state index is 0.722. The third kappa shape index (κ3) is 2.71. The number of hydrogen-bond acceptors (Lipinski definition) is 1. The van der Waals surface area contributed by atoms with Crippen LogP contribution in [0, 0.1) is 0 Å². The fraction of sp³-hybridized carbons (Fsp3) is 0.400. The fourth-order valence-electron chi connectivity index (χ4n) is 1.38. The molecule has 0 atom stereocenters. The van der Waals surface area contributed by atoms with Gasteiger partial charge in [0.25, 0.3) is 0 Å². The van der Waals surface area contributed by atoms with Crippen molar-refractivity contribution in [1.82, 2.24) is 0 Å². The Morgan fingerprint density at radius 1 is 1.07 bits per heavy atom. The van der Waals surface area contributed by atoms with Gasteiger partial charge in [0.15, 0.2) is 0 Å². The van der Waals surface area contributed by atoms with E-state index in [4.69, 9.17) is 27.9 Å². The van der Waals surface area contributed by atoms with Crippen LogP contribution in [-0.4, -0.2) is 25.5 Å². The van der Waals surface area contributed by atoms with Gasteiger partial charge in [-0.05, 0) is 0 Å². The first-order chi connectivity index (χ1) is 6.36. The van der Waals surface area contributed by atoms with Crippen molar-refractivity contribution in [2.75, 3.05) is 7.11 Å². The van der Waals surface area contributed by atoms with Crippen LogP contribution in [0.1, 0.15) is 0 Å². The summed E-state index contributed by atoms with van der Waals surface area (Å²) in [6, 6.07) is 3.68. The van der Waals surface area contributed by atoms with Gasteiger partial charge in [0.1, 0.15) is 0 Å². The first kappa shape index (κ1) is 12.5. The van der Waals surface area contributed by atoms with Crippen LogP contribution in [0.15, 0.2) is 12.1 Å². The molecule has 0 unspecified atom stereocenters. The normalized spacial score (nSPS) is 11.6. The summed E-state index contributed by atoms with van der Waals surface area (Å²) in [5.41, 5.74) is 0. The van der Waals surface area contributed by atoms with E-state index in [1.54, 1.807) is 7.11 Å². The van der Waals surface area contributed by atoms with E-state index in [0.717, 1.165) is 15.8 Å². The SMILES string of the molecule is COc1cc(Cl)[c]([Sn]([CH3])([CH3])[CH3])c(Cl)c1. The zero-order valence-corrected chi connectivity index (χ0v) is 13.2. The van der Waals surface area contributed by atoms with Crippen LogP contribution in [0.5, 0.6) is 5.75 Å². The summed E-state index contributed by atoms with van der Waals surface area (Å²) in [6.07, 6.45) is 0. The molecule has 1 rings (SSSR count). The first-order valence-electron chi connectivity index (χ1n) is 4.40. The number of halogens is 2. The molecule has 1 aromatic rings. The Kier molecular flexibility index (Phi) is 4.01. The van der Waals surface area contributed by atoms with Gasteiger partial charge in [0.05, 0.1) is 0 Å². The summed E-state index contributed by atoms with van der Waals surface area (Å²) < 4.78 is 6.27. The molecule has 0 fully saturated rings. The van der Waals surface area contributed by atoms with Crippen LogP contribution >= 0.6 is 23.2 Å². The molecule has 0 amide bonds. The zero-order valence-electron chi connectivity index (χ0n) is 8.82. The molecule has 0 aliphatic rings. The van der Waals surface area contributed by atoms with E-state index in [9.17, 15) is 0 Å². The fourth-order valence-corrected chi connectivity index (χ4v) is 10.2. The standard InChI is InChI=1S/C7H5Cl2O.3CH3.Sn/c1-10-7-3-5(8)2-6(9)4-7;;;;/h3-4H,1H3;3*1H3;. The van der Waals surface area contributed by atoms with Crippen molar-refractivity contribution in [3.63, 3.8) is 0 Å². The number of hydrogen-bond donors (Lipinski definition) is 0. The summed E-state index contributed by atoms with van der Waals surface area (Å²) in [7, 11) is 1.61. The molecule has 14 heavy (non-hydrogen) atoms. The van der Waals surface area contributed by atoms with E-state index in [0.29, 0.717) is 0 Å². The molecule has 0 saturated heterocycles. The third-order valence-corrected chi connectivity index (χ3v) is 9.32. The Balaban J connectivity index is 3.33. The van der Waals surface area contributed by atoms with E-state index >= 15 is 0 Å². The summed E-state index contributed by atoms with van der Waals surface area (Å²) in [6.45, 7) is 0. The van der Waals surface area contributed by atoms with Gasteiger partial charge in [-0.15, -0.1) is 0 Å². The van der Waals surface area contributed by atoms with Crippen LogP contribution in [-0.2, 0) is 0 Å². The van der Waals surface area contributed by atoms with Gasteiger partial charge in [0.2, 0.25) is 0 Å². The molecule has 4 heteroatoms. The van der Waals surface area contributed by atoms with Crippen LogP contribution in [0.3, 0.4) is 0 Å². The number of benzene rings is 1. The van der Waals surface area contributed by atoms with Gasteiger partial charge in [-0.2, -0.15) is 0 Å².